The van der Waals surface area contributed by atoms with E-state index in [1.54, 1.807) is 0 Å². The van der Waals surface area contributed by atoms with Crippen LogP contribution in [0.25, 0.3) is 0 Å². The molecular weight excluding hydrogens is 122 g/mol. The number of aromatic nitrogens is 1. The van der Waals surface area contributed by atoms with Gasteiger partial charge in [-0.25, -0.2) is 0 Å². The van der Waals surface area contributed by atoms with Gasteiger partial charge in [0.05, 0.1) is 0 Å². The summed E-state index contributed by atoms with van der Waals surface area (Å²) < 4.78 is 0. The highest BCUT2D eigenvalue weighted by Crippen LogP contribution is 2.36. The molecule has 0 aromatic carbocycles. The van der Waals surface area contributed by atoms with Crippen molar-refractivity contribution in [2.45, 2.75) is 32.1 Å². The minimum Gasteiger partial charge on any atom is -0.365 e. The number of hydrogen-bond acceptors (Lipinski definition) is 0. The van der Waals surface area contributed by atoms with E-state index in [2.05, 4.69) is 18.0 Å². The van der Waals surface area contributed by atoms with Gasteiger partial charge in [-0.05, 0) is 37.3 Å². The molecule has 54 valence electrons. The molecule has 1 aliphatic carbocycles. The van der Waals surface area contributed by atoms with Crippen molar-refractivity contribution in [3.63, 3.8) is 0 Å². The van der Waals surface area contributed by atoms with Crippen molar-refractivity contribution in [3.05, 3.63) is 23.5 Å². The second-order valence-electron chi connectivity index (χ2n) is 3.20. The molecule has 1 fully saturated rings. The fourth-order valence-corrected chi connectivity index (χ4v) is 1.60. The lowest BCUT2D eigenvalue weighted by atomic mass is 9.82. The molecule has 10 heavy (non-hydrogen) atoms. The summed E-state index contributed by atoms with van der Waals surface area (Å²) in [5, 5.41) is 0. The van der Waals surface area contributed by atoms with Crippen molar-refractivity contribution < 1.29 is 0 Å². The fourth-order valence-electron chi connectivity index (χ4n) is 1.60. The normalized spacial score (nSPS) is 18.9. The second-order valence-corrected chi connectivity index (χ2v) is 3.20. The maximum atomic E-state index is 3.31. The Labute approximate surface area is 61.5 Å². The highest BCUT2D eigenvalue weighted by molar-refractivity contribution is 5.23. The maximum Gasteiger partial charge on any atom is 0.0208 e. The molecule has 1 aliphatic rings. The Morgan fingerprint density at radius 3 is 2.70 bits per heavy atom. The lowest BCUT2D eigenvalue weighted by Gasteiger charge is -2.25. The minimum absolute atomic E-state index is 0.856. The third-order valence-electron chi connectivity index (χ3n) is 2.51. The van der Waals surface area contributed by atoms with Crippen LogP contribution in [0.3, 0.4) is 0 Å². The van der Waals surface area contributed by atoms with Crippen LogP contribution < -0.4 is 0 Å². The number of hydrogen-bond donors (Lipinski definition) is 1. The van der Waals surface area contributed by atoms with Gasteiger partial charge >= 0.3 is 0 Å². The van der Waals surface area contributed by atoms with Crippen LogP contribution in [-0.2, 0) is 0 Å². The number of H-pyrrole nitrogens is 1. The molecule has 1 aromatic rings. The number of aromatic amines is 1. The number of nitrogens with one attached hydrogen (secondary N) is 1. The zero-order valence-corrected chi connectivity index (χ0v) is 6.35. The summed E-state index contributed by atoms with van der Waals surface area (Å²) in [7, 11) is 0. The van der Waals surface area contributed by atoms with Gasteiger partial charge in [0.15, 0.2) is 0 Å². The third-order valence-corrected chi connectivity index (χ3v) is 2.51. The first-order valence-corrected chi connectivity index (χ1v) is 4.02. The summed E-state index contributed by atoms with van der Waals surface area (Å²) in [6, 6.07) is 2.16. The predicted octanol–water partition coefficient (Wildman–Crippen LogP) is 2.59. The Morgan fingerprint density at radius 2 is 2.30 bits per heavy atom. The summed E-state index contributed by atoms with van der Waals surface area (Å²) in [6.07, 6.45) is 6.24. The number of aryl methyl sites for hydroxylation is 1. The molecule has 1 heteroatoms. The van der Waals surface area contributed by atoms with Crippen LogP contribution in [0.1, 0.15) is 36.4 Å². The van der Waals surface area contributed by atoms with Crippen LogP contribution in [0.2, 0.25) is 0 Å². The molecule has 0 saturated heterocycles. The molecule has 1 aromatic heterocycles. The van der Waals surface area contributed by atoms with E-state index in [1.165, 1.54) is 30.5 Å². The van der Waals surface area contributed by atoms with Crippen molar-refractivity contribution in [2.75, 3.05) is 0 Å². The molecule has 1 N–H and O–H groups in total. The van der Waals surface area contributed by atoms with Gasteiger partial charge in [-0.3, -0.25) is 0 Å². The van der Waals surface area contributed by atoms with Gasteiger partial charge in [0.25, 0.3) is 0 Å². The first kappa shape index (κ1) is 6.02. The van der Waals surface area contributed by atoms with Gasteiger partial charge in [-0.2, -0.15) is 0 Å². The van der Waals surface area contributed by atoms with Gasteiger partial charge in [-0.15, -0.1) is 0 Å². The maximum absolute atomic E-state index is 3.31. The Morgan fingerprint density at radius 1 is 1.50 bits per heavy atom. The van der Waals surface area contributed by atoms with Crippen LogP contribution >= 0.6 is 0 Å². The van der Waals surface area contributed by atoms with Crippen LogP contribution in [0, 0.1) is 6.92 Å². The molecular formula is C9H13N. The van der Waals surface area contributed by atoms with Gasteiger partial charge in [0, 0.05) is 11.9 Å². The Kier molecular flexibility index (Phi) is 1.30. The minimum atomic E-state index is 0.856. The Bertz CT molecular complexity index is 220. The largest absolute Gasteiger partial charge is 0.365 e. The molecule has 2 rings (SSSR count). The third kappa shape index (κ3) is 0.772. The summed E-state index contributed by atoms with van der Waals surface area (Å²) >= 11 is 0. The first-order valence-electron chi connectivity index (χ1n) is 4.02. The topological polar surface area (TPSA) is 15.8 Å². The van der Waals surface area contributed by atoms with Crippen LogP contribution in [0.15, 0.2) is 12.3 Å². The van der Waals surface area contributed by atoms with Gasteiger partial charge in [0.2, 0.25) is 0 Å². The summed E-state index contributed by atoms with van der Waals surface area (Å²) in [6.45, 7) is 2.18. The average molecular weight is 135 g/mol. The van der Waals surface area contributed by atoms with E-state index in [9.17, 15) is 0 Å². The Balaban J connectivity index is 2.23. The summed E-state index contributed by atoms with van der Waals surface area (Å²) in [4.78, 5) is 3.31. The van der Waals surface area contributed by atoms with E-state index in [0.717, 1.165) is 5.92 Å². The van der Waals surface area contributed by atoms with Crippen molar-refractivity contribution in [1.29, 1.82) is 0 Å². The zero-order chi connectivity index (χ0) is 6.97. The van der Waals surface area contributed by atoms with E-state index in [1.807, 2.05) is 6.20 Å². The van der Waals surface area contributed by atoms with E-state index in [4.69, 9.17) is 0 Å². The smallest absolute Gasteiger partial charge is 0.0208 e. The monoisotopic (exact) mass is 135 g/mol. The summed E-state index contributed by atoms with van der Waals surface area (Å²) in [5.74, 6) is 0.856. The van der Waals surface area contributed by atoms with Crippen LogP contribution in [0.4, 0.5) is 0 Å². The standard InChI is InChI=1S/C9H13N/c1-7-5-6-10-9(7)8-3-2-4-8/h5-6,8,10H,2-4H2,1H3. The first-order chi connectivity index (χ1) is 4.88. The van der Waals surface area contributed by atoms with Crippen LogP contribution in [-0.4, -0.2) is 4.98 Å². The summed E-state index contributed by atoms with van der Waals surface area (Å²) in [5.41, 5.74) is 2.91. The van der Waals surface area contributed by atoms with Crippen molar-refractivity contribution in [2.24, 2.45) is 0 Å². The van der Waals surface area contributed by atoms with E-state index >= 15 is 0 Å². The van der Waals surface area contributed by atoms with Crippen molar-refractivity contribution in [3.8, 4) is 0 Å². The molecule has 0 unspecified atom stereocenters. The van der Waals surface area contributed by atoms with Crippen molar-refractivity contribution in [1.82, 2.24) is 4.98 Å². The molecule has 1 heterocycles. The second kappa shape index (κ2) is 2.15. The van der Waals surface area contributed by atoms with Gasteiger partial charge < -0.3 is 4.98 Å². The Hall–Kier alpha value is -0.720. The van der Waals surface area contributed by atoms with Gasteiger partial charge in [0.1, 0.15) is 0 Å². The molecule has 1 saturated carbocycles. The molecule has 0 spiro atoms. The van der Waals surface area contributed by atoms with Crippen LogP contribution in [0.5, 0.6) is 0 Å². The van der Waals surface area contributed by atoms with E-state index in [0.29, 0.717) is 0 Å². The molecule has 0 aliphatic heterocycles. The molecule has 0 bridgehead atoms. The fraction of sp³-hybridized carbons (Fsp3) is 0.556. The predicted molar refractivity (Wildman–Crippen MR) is 42.1 cm³/mol. The van der Waals surface area contributed by atoms with Gasteiger partial charge in [-0.1, -0.05) is 6.42 Å². The average Bonchev–Trinajstić information content (AvgIpc) is 2.12. The molecule has 1 nitrogen and oxygen atoms in total. The number of rotatable bonds is 1. The SMILES string of the molecule is Cc1cc[nH]c1C1CCC1. The highest BCUT2D eigenvalue weighted by atomic mass is 14.7. The molecule has 0 radical (unpaired) electrons. The van der Waals surface area contributed by atoms with E-state index in [-0.39, 0.29) is 0 Å². The van der Waals surface area contributed by atoms with E-state index < -0.39 is 0 Å². The molecule has 0 amide bonds. The lowest BCUT2D eigenvalue weighted by Crippen LogP contribution is -2.09. The molecule has 0 atom stereocenters. The van der Waals surface area contributed by atoms with Crippen molar-refractivity contribution >= 4 is 0 Å². The lowest BCUT2D eigenvalue weighted by molar-refractivity contribution is 0.411. The highest BCUT2D eigenvalue weighted by Gasteiger charge is 2.21. The quantitative estimate of drug-likeness (QED) is 0.609. The zero-order valence-electron chi connectivity index (χ0n) is 6.35.